The number of nitrogens with one attached hydrogen (secondary N) is 2. The SMILES string of the molecule is COc1cc(C(C)C)ccc1NC(=O)NCC(=O)O. The largest absolute Gasteiger partial charge is 0.495 e. The van der Waals surface area contributed by atoms with Crippen LogP contribution < -0.4 is 15.4 Å². The van der Waals surface area contributed by atoms with Crippen LogP contribution in [0.2, 0.25) is 0 Å². The molecule has 0 saturated heterocycles. The number of aliphatic carboxylic acids is 1. The highest BCUT2D eigenvalue weighted by Gasteiger charge is 2.10. The molecule has 6 nitrogen and oxygen atoms in total. The molecule has 3 N–H and O–H groups in total. The molecular weight excluding hydrogens is 248 g/mol. The van der Waals surface area contributed by atoms with E-state index in [4.69, 9.17) is 9.84 Å². The second-order valence-electron chi connectivity index (χ2n) is 4.32. The van der Waals surface area contributed by atoms with Crippen molar-refractivity contribution in [3.05, 3.63) is 23.8 Å². The Morgan fingerprint density at radius 2 is 2.05 bits per heavy atom. The molecule has 0 aliphatic rings. The standard InChI is InChI=1S/C13H18N2O4/c1-8(2)9-4-5-10(11(6-9)19-3)15-13(18)14-7-12(16)17/h4-6,8H,7H2,1-3H3,(H,16,17)(H2,14,15,18). The summed E-state index contributed by atoms with van der Waals surface area (Å²) in [5.74, 6) is -0.210. The number of hydrogen-bond donors (Lipinski definition) is 3. The Hall–Kier alpha value is -2.24. The minimum atomic E-state index is -1.10. The number of anilines is 1. The van der Waals surface area contributed by atoms with E-state index in [1.54, 1.807) is 6.07 Å². The number of benzene rings is 1. The van der Waals surface area contributed by atoms with Crippen LogP contribution in [0.3, 0.4) is 0 Å². The van der Waals surface area contributed by atoms with Gasteiger partial charge in [-0.1, -0.05) is 19.9 Å². The monoisotopic (exact) mass is 266 g/mol. The molecule has 0 aromatic heterocycles. The number of carboxylic acids is 1. The Kier molecular flexibility index (Phi) is 5.17. The number of methoxy groups -OCH3 is 1. The van der Waals surface area contributed by atoms with Crippen LogP contribution in [0.5, 0.6) is 5.75 Å². The Morgan fingerprint density at radius 1 is 1.37 bits per heavy atom. The number of hydrogen-bond acceptors (Lipinski definition) is 3. The zero-order valence-corrected chi connectivity index (χ0v) is 11.2. The molecule has 0 heterocycles. The Balaban J connectivity index is 2.77. The number of amides is 2. The smallest absolute Gasteiger partial charge is 0.323 e. The molecule has 0 unspecified atom stereocenters. The van der Waals surface area contributed by atoms with Gasteiger partial charge in [-0.2, -0.15) is 0 Å². The first-order chi connectivity index (χ1) is 8.93. The van der Waals surface area contributed by atoms with Crippen LogP contribution in [0.15, 0.2) is 18.2 Å². The van der Waals surface area contributed by atoms with Crippen molar-refractivity contribution in [2.24, 2.45) is 0 Å². The summed E-state index contributed by atoms with van der Waals surface area (Å²) in [6.45, 7) is 3.68. The van der Waals surface area contributed by atoms with Crippen molar-refractivity contribution in [2.75, 3.05) is 19.0 Å². The minimum absolute atomic E-state index is 0.351. The molecule has 0 atom stereocenters. The lowest BCUT2D eigenvalue weighted by Gasteiger charge is -2.13. The first-order valence-corrected chi connectivity index (χ1v) is 5.88. The van der Waals surface area contributed by atoms with Gasteiger partial charge >= 0.3 is 12.0 Å². The normalized spacial score (nSPS) is 10.1. The molecule has 6 heteroatoms. The number of rotatable bonds is 5. The van der Waals surface area contributed by atoms with Crippen molar-refractivity contribution in [3.8, 4) is 5.75 Å². The molecule has 1 rings (SSSR count). The van der Waals surface area contributed by atoms with E-state index in [0.717, 1.165) is 5.56 Å². The van der Waals surface area contributed by atoms with Crippen LogP contribution in [0.25, 0.3) is 0 Å². The molecule has 0 radical (unpaired) electrons. The third-order valence-corrected chi connectivity index (χ3v) is 2.54. The Morgan fingerprint density at radius 3 is 2.58 bits per heavy atom. The van der Waals surface area contributed by atoms with Crippen LogP contribution >= 0.6 is 0 Å². The number of carbonyl (C=O) groups excluding carboxylic acids is 1. The van der Waals surface area contributed by atoms with E-state index in [2.05, 4.69) is 24.5 Å². The van der Waals surface area contributed by atoms with Gasteiger partial charge in [-0.05, 0) is 23.6 Å². The quantitative estimate of drug-likeness (QED) is 0.761. The van der Waals surface area contributed by atoms with Crippen LogP contribution in [-0.4, -0.2) is 30.8 Å². The fourth-order valence-corrected chi connectivity index (χ4v) is 1.49. The van der Waals surface area contributed by atoms with Crippen LogP contribution in [-0.2, 0) is 4.79 Å². The maximum atomic E-state index is 11.5. The second-order valence-corrected chi connectivity index (χ2v) is 4.32. The molecule has 0 spiro atoms. The van der Waals surface area contributed by atoms with E-state index < -0.39 is 18.5 Å². The van der Waals surface area contributed by atoms with Crippen molar-refractivity contribution in [3.63, 3.8) is 0 Å². The summed E-state index contributed by atoms with van der Waals surface area (Å²) in [6, 6.07) is 4.88. The van der Waals surface area contributed by atoms with Gasteiger partial charge < -0.3 is 20.5 Å². The first-order valence-electron chi connectivity index (χ1n) is 5.88. The average Bonchev–Trinajstić information content (AvgIpc) is 2.36. The molecule has 1 aromatic rings. The first kappa shape index (κ1) is 14.8. The molecule has 0 bridgehead atoms. The van der Waals surface area contributed by atoms with Crippen molar-refractivity contribution in [2.45, 2.75) is 19.8 Å². The topological polar surface area (TPSA) is 87.7 Å². The van der Waals surface area contributed by atoms with Crippen molar-refractivity contribution in [1.29, 1.82) is 0 Å². The van der Waals surface area contributed by atoms with E-state index in [0.29, 0.717) is 17.4 Å². The van der Waals surface area contributed by atoms with Gasteiger partial charge in [0.1, 0.15) is 12.3 Å². The zero-order valence-electron chi connectivity index (χ0n) is 11.2. The van der Waals surface area contributed by atoms with Crippen molar-refractivity contribution < 1.29 is 19.4 Å². The predicted octanol–water partition coefficient (Wildman–Crippen LogP) is 2.02. The van der Waals surface area contributed by atoms with Crippen LogP contribution in [0.4, 0.5) is 10.5 Å². The summed E-state index contributed by atoms with van der Waals surface area (Å²) in [4.78, 5) is 21.8. The molecular formula is C13H18N2O4. The van der Waals surface area contributed by atoms with Gasteiger partial charge in [0.15, 0.2) is 0 Å². The Labute approximate surface area is 111 Å². The summed E-state index contributed by atoms with van der Waals surface area (Å²) >= 11 is 0. The summed E-state index contributed by atoms with van der Waals surface area (Å²) < 4.78 is 5.20. The van der Waals surface area contributed by atoms with Gasteiger partial charge in [-0.3, -0.25) is 4.79 Å². The molecule has 0 aliphatic heterocycles. The molecule has 0 fully saturated rings. The molecule has 104 valence electrons. The van der Waals surface area contributed by atoms with E-state index >= 15 is 0 Å². The molecule has 1 aromatic carbocycles. The number of urea groups is 1. The third kappa shape index (κ3) is 4.50. The summed E-state index contributed by atoms with van der Waals surface area (Å²) in [6.07, 6.45) is 0. The van der Waals surface area contributed by atoms with Crippen LogP contribution in [0, 0.1) is 0 Å². The van der Waals surface area contributed by atoms with Crippen LogP contribution in [0.1, 0.15) is 25.3 Å². The van der Waals surface area contributed by atoms with Gasteiger partial charge in [0.25, 0.3) is 0 Å². The Bertz CT molecular complexity index is 472. The number of carboxylic acid groups (broad SMARTS) is 1. The predicted molar refractivity (Wildman–Crippen MR) is 71.7 cm³/mol. The lowest BCUT2D eigenvalue weighted by molar-refractivity contribution is -0.135. The summed E-state index contributed by atoms with van der Waals surface area (Å²) in [7, 11) is 1.51. The fourth-order valence-electron chi connectivity index (χ4n) is 1.49. The maximum Gasteiger partial charge on any atom is 0.323 e. The molecule has 0 saturated carbocycles. The van der Waals surface area contributed by atoms with E-state index in [-0.39, 0.29) is 0 Å². The van der Waals surface area contributed by atoms with Crippen molar-refractivity contribution in [1.82, 2.24) is 5.32 Å². The van der Waals surface area contributed by atoms with E-state index in [9.17, 15) is 9.59 Å². The minimum Gasteiger partial charge on any atom is -0.495 e. The van der Waals surface area contributed by atoms with Gasteiger partial charge in [0.05, 0.1) is 12.8 Å². The fraction of sp³-hybridized carbons (Fsp3) is 0.385. The number of carbonyl (C=O) groups is 2. The summed E-state index contributed by atoms with van der Waals surface area (Å²) in [5, 5.41) is 13.2. The highest BCUT2D eigenvalue weighted by molar-refractivity contribution is 5.92. The third-order valence-electron chi connectivity index (χ3n) is 2.54. The van der Waals surface area contributed by atoms with E-state index in [1.807, 2.05) is 12.1 Å². The lowest BCUT2D eigenvalue weighted by atomic mass is 10.0. The zero-order chi connectivity index (χ0) is 14.4. The second kappa shape index (κ2) is 6.63. The van der Waals surface area contributed by atoms with Gasteiger partial charge in [0.2, 0.25) is 0 Å². The van der Waals surface area contributed by atoms with Gasteiger partial charge in [-0.25, -0.2) is 4.79 Å². The maximum absolute atomic E-state index is 11.5. The van der Waals surface area contributed by atoms with E-state index in [1.165, 1.54) is 7.11 Å². The van der Waals surface area contributed by atoms with Crippen molar-refractivity contribution >= 4 is 17.7 Å². The lowest BCUT2D eigenvalue weighted by Crippen LogP contribution is -2.33. The molecule has 19 heavy (non-hydrogen) atoms. The van der Waals surface area contributed by atoms with Gasteiger partial charge in [0, 0.05) is 0 Å². The van der Waals surface area contributed by atoms with Gasteiger partial charge in [-0.15, -0.1) is 0 Å². The number of ether oxygens (including phenoxy) is 1. The summed E-state index contributed by atoms with van der Waals surface area (Å²) in [5.41, 5.74) is 1.59. The highest BCUT2D eigenvalue weighted by Crippen LogP contribution is 2.28. The highest BCUT2D eigenvalue weighted by atomic mass is 16.5. The molecule has 2 amide bonds. The molecule has 0 aliphatic carbocycles. The average molecular weight is 266 g/mol.